The van der Waals surface area contributed by atoms with Crippen LogP contribution in [0.25, 0.3) is 0 Å². The van der Waals surface area contributed by atoms with Gasteiger partial charge in [-0.1, -0.05) is 6.07 Å². The molecule has 0 unspecified atom stereocenters. The molecule has 0 aliphatic carbocycles. The minimum Gasteiger partial charge on any atom is -0.394 e. The molecule has 0 fully saturated rings. The van der Waals surface area contributed by atoms with Crippen LogP contribution in [-0.2, 0) is 6.54 Å². The lowest BCUT2D eigenvalue weighted by Gasteiger charge is -2.33. The lowest BCUT2D eigenvalue weighted by molar-refractivity contribution is -0.384. The van der Waals surface area contributed by atoms with Crippen molar-refractivity contribution in [3.63, 3.8) is 0 Å². The molecule has 19 heavy (non-hydrogen) atoms. The molecule has 7 nitrogen and oxygen atoms in total. The highest BCUT2D eigenvalue weighted by Gasteiger charge is 2.23. The van der Waals surface area contributed by atoms with Crippen LogP contribution in [0, 0.1) is 10.1 Å². The zero-order chi connectivity index (χ0) is 14.6. The first-order valence-electron chi connectivity index (χ1n) is 5.88. The van der Waals surface area contributed by atoms with Gasteiger partial charge in [0.2, 0.25) is 0 Å². The minimum atomic E-state index is -0.476. The van der Waals surface area contributed by atoms with Crippen LogP contribution in [0.5, 0.6) is 0 Å². The molecule has 0 saturated carbocycles. The number of nitrogen functional groups attached to an aromatic ring is 1. The van der Waals surface area contributed by atoms with E-state index in [4.69, 9.17) is 5.84 Å². The third-order valence-corrected chi connectivity index (χ3v) is 3.25. The first-order valence-corrected chi connectivity index (χ1v) is 5.88. The van der Waals surface area contributed by atoms with Crippen molar-refractivity contribution < 1.29 is 10.0 Å². The van der Waals surface area contributed by atoms with Crippen molar-refractivity contribution in [2.75, 3.05) is 19.1 Å². The molecule has 1 aromatic carbocycles. The number of nitrogens with two attached hydrogens (primary N) is 1. The van der Waals surface area contributed by atoms with Gasteiger partial charge in [-0.3, -0.25) is 20.9 Å². The Morgan fingerprint density at radius 1 is 1.53 bits per heavy atom. The quantitative estimate of drug-likeness (QED) is 0.405. The van der Waals surface area contributed by atoms with Crippen molar-refractivity contribution in [1.29, 1.82) is 0 Å². The second-order valence-electron chi connectivity index (χ2n) is 5.08. The minimum absolute atomic E-state index is 0.00797. The number of hydrogen-bond acceptors (Lipinski definition) is 6. The summed E-state index contributed by atoms with van der Waals surface area (Å²) < 4.78 is 0. The molecule has 4 N–H and O–H groups in total. The van der Waals surface area contributed by atoms with Crippen molar-refractivity contribution in [3.8, 4) is 0 Å². The molecule has 0 aliphatic rings. The highest BCUT2D eigenvalue weighted by Crippen LogP contribution is 2.26. The fourth-order valence-corrected chi connectivity index (χ4v) is 1.56. The van der Waals surface area contributed by atoms with E-state index in [9.17, 15) is 15.2 Å². The summed E-state index contributed by atoms with van der Waals surface area (Å²) in [5.74, 6) is 5.23. The predicted octanol–water partition coefficient (Wildman–Crippen LogP) is 1.08. The van der Waals surface area contributed by atoms with Crippen LogP contribution in [-0.4, -0.2) is 34.1 Å². The molecule has 106 valence electrons. The Morgan fingerprint density at radius 3 is 2.63 bits per heavy atom. The van der Waals surface area contributed by atoms with Crippen LogP contribution < -0.4 is 11.3 Å². The van der Waals surface area contributed by atoms with Gasteiger partial charge in [0.1, 0.15) is 5.69 Å². The van der Waals surface area contributed by atoms with Crippen molar-refractivity contribution in [3.05, 3.63) is 33.9 Å². The molecule has 0 amide bonds. The van der Waals surface area contributed by atoms with E-state index in [2.05, 4.69) is 5.43 Å². The number of hydrogen-bond donors (Lipinski definition) is 3. The summed E-state index contributed by atoms with van der Waals surface area (Å²) in [5, 5.41) is 20.2. The average molecular weight is 268 g/mol. The summed E-state index contributed by atoms with van der Waals surface area (Å²) in [4.78, 5) is 12.4. The molecule has 1 aromatic rings. The van der Waals surface area contributed by atoms with Crippen molar-refractivity contribution in [1.82, 2.24) is 4.90 Å². The summed E-state index contributed by atoms with van der Waals surface area (Å²) in [7, 11) is 1.86. The van der Waals surface area contributed by atoms with Crippen molar-refractivity contribution in [2.24, 2.45) is 5.84 Å². The largest absolute Gasteiger partial charge is 0.394 e. The van der Waals surface area contributed by atoms with Gasteiger partial charge in [-0.15, -0.1) is 0 Å². The third kappa shape index (κ3) is 3.63. The van der Waals surface area contributed by atoms with Crippen LogP contribution >= 0.6 is 0 Å². The molecule has 1 rings (SSSR count). The Labute approximate surface area is 112 Å². The first-order chi connectivity index (χ1) is 8.81. The lowest BCUT2D eigenvalue weighted by atomic mass is 10.0. The zero-order valence-corrected chi connectivity index (χ0v) is 11.4. The molecule has 0 aromatic heterocycles. The Balaban J connectivity index is 2.97. The molecule has 0 bridgehead atoms. The number of aliphatic hydroxyl groups is 1. The van der Waals surface area contributed by atoms with Gasteiger partial charge in [-0.2, -0.15) is 0 Å². The molecule has 0 atom stereocenters. The SMILES string of the molecule is CN(Cc1ccc(NN)c([N+](=O)[O-])c1)C(C)(C)CO. The van der Waals surface area contributed by atoms with Crippen LogP contribution in [0.1, 0.15) is 19.4 Å². The number of rotatable bonds is 6. The van der Waals surface area contributed by atoms with E-state index in [-0.39, 0.29) is 23.5 Å². The fourth-order valence-electron chi connectivity index (χ4n) is 1.56. The Kier molecular flexibility index (Phi) is 4.82. The predicted molar refractivity (Wildman–Crippen MR) is 73.5 cm³/mol. The molecule has 7 heteroatoms. The van der Waals surface area contributed by atoms with E-state index in [0.717, 1.165) is 5.56 Å². The van der Waals surface area contributed by atoms with Gasteiger partial charge in [0, 0.05) is 18.2 Å². The lowest BCUT2D eigenvalue weighted by Crippen LogP contribution is -2.43. The second kappa shape index (κ2) is 5.96. The monoisotopic (exact) mass is 268 g/mol. The summed E-state index contributed by atoms with van der Waals surface area (Å²) >= 11 is 0. The number of nitro benzene ring substituents is 1. The normalized spacial score (nSPS) is 11.7. The van der Waals surface area contributed by atoms with Gasteiger partial charge < -0.3 is 10.5 Å². The molecular weight excluding hydrogens is 248 g/mol. The van der Waals surface area contributed by atoms with Gasteiger partial charge in [0.05, 0.1) is 11.5 Å². The zero-order valence-electron chi connectivity index (χ0n) is 11.4. The van der Waals surface area contributed by atoms with Crippen molar-refractivity contribution in [2.45, 2.75) is 25.9 Å². The number of nitrogens with zero attached hydrogens (tertiary/aromatic N) is 2. The number of nitro groups is 1. The average Bonchev–Trinajstić information content (AvgIpc) is 2.38. The summed E-state index contributed by atoms with van der Waals surface area (Å²) in [6.45, 7) is 4.31. The van der Waals surface area contributed by atoms with E-state index in [1.165, 1.54) is 6.07 Å². The molecular formula is C12H20N4O3. The Bertz CT molecular complexity index is 462. The molecule has 0 heterocycles. The van der Waals surface area contributed by atoms with Gasteiger partial charge in [0.25, 0.3) is 5.69 Å². The number of nitrogens with one attached hydrogen (secondary N) is 1. The van der Waals surface area contributed by atoms with E-state index >= 15 is 0 Å². The third-order valence-electron chi connectivity index (χ3n) is 3.25. The molecule has 0 spiro atoms. The number of likely N-dealkylation sites (N-methyl/N-ethyl adjacent to an activating group) is 1. The van der Waals surface area contributed by atoms with Crippen LogP contribution in [0.3, 0.4) is 0 Å². The summed E-state index contributed by atoms with van der Waals surface area (Å²) in [6, 6.07) is 4.83. The maximum Gasteiger partial charge on any atom is 0.293 e. The molecule has 0 radical (unpaired) electrons. The van der Waals surface area contributed by atoms with Gasteiger partial charge in [-0.25, -0.2) is 0 Å². The summed E-state index contributed by atoms with van der Waals surface area (Å²) in [6.07, 6.45) is 0. The van der Waals surface area contributed by atoms with Gasteiger partial charge in [0.15, 0.2) is 0 Å². The molecule has 0 aliphatic heterocycles. The number of anilines is 1. The van der Waals surface area contributed by atoms with Gasteiger partial charge in [-0.05, 0) is 32.5 Å². The maximum absolute atomic E-state index is 10.9. The first kappa shape index (κ1) is 15.4. The van der Waals surface area contributed by atoms with Crippen molar-refractivity contribution >= 4 is 11.4 Å². The fraction of sp³-hybridized carbons (Fsp3) is 0.500. The molecule has 0 saturated heterocycles. The highest BCUT2D eigenvalue weighted by molar-refractivity contribution is 5.61. The van der Waals surface area contributed by atoms with E-state index in [1.807, 2.05) is 25.8 Å². The second-order valence-corrected chi connectivity index (χ2v) is 5.08. The van der Waals surface area contributed by atoms with Crippen LogP contribution in [0.2, 0.25) is 0 Å². The number of benzene rings is 1. The summed E-state index contributed by atoms with van der Waals surface area (Å²) in [5.41, 5.74) is 2.92. The van der Waals surface area contributed by atoms with Crippen LogP contribution in [0.15, 0.2) is 18.2 Å². The Hall–Kier alpha value is -1.70. The Morgan fingerprint density at radius 2 is 2.16 bits per heavy atom. The van der Waals surface area contributed by atoms with E-state index in [1.54, 1.807) is 12.1 Å². The van der Waals surface area contributed by atoms with E-state index < -0.39 is 4.92 Å². The number of hydrazine groups is 1. The van der Waals surface area contributed by atoms with Gasteiger partial charge >= 0.3 is 0 Å². The maximum atomic E-state index is 10.9. The highest BCUT2D eigenvalue weighted by atomic mass is 16.6. The standard InChI is InChI=1S/C12H20N4O3/c1-12(2,8-17)15(3)7-9-4-5-10(14-13)11(6-9)16(18)19/h4-6,14,17H,7-8,13H2,1-3H3. The van der Waals surface area contributed by atoms with Crippen LogP contribution in [0.4, 0.5) is 11.4 Å². The number of aliphatic hydroxyl groups excluding tert-OH is 1. The topological polar surface area (TPSA) is 105 Å². The smallest absolute Gasteiger partial charge is 0.293 e. The van der Waals surface area contributed by atoms with E-state index in [0.29, 0.717) is 6.54 Å².